The first-order valence-electron chi connectivity index (χ1n) is 6.96. The molecule has 6 atom stereocenters. The normalized spacial score (nSPS) is 56.2. The number of rotatable bonds is 2. The third-order valence-electron chi connectivity index (χ3n) is 6.42. The summed E-state index contributed by atoms with van der Waals surface area (Å²) >= 11 is 0. The van der Waals surface area contributed by atoms with E-state index < -0.39 is 5.60 Å². The van der Waals surface area contributed by atoms with Gasteiger partial charge in [0.1, 0.15) is 5.60 Å². The minimum absolute atomic E-state index is 0.386. The molecule has 0 heterocycles. The summed E-state index contributed by atoms with van der Waals surface area (Å²) in [5.41, 5.74) is 0.942. The molecule has 0 aromatic carbocycles. The van der Waals surface area contributed by atoms with Crippen molar-refractivity contribution in [2.45, 2.75) is 52.1 Å². The molecule has 3 rings (SSSR count). The van der Waals surface area contributed by atoms with Crippen LogP contribution < -0.4 is 0 Å². The van der Waals surface area contributed by atoms with Crippen molar-refractivity contribution in [3.63, 3.8) is 0 Å². The Morgan fingerprint density at radius 3 is 2.65 bits per heavy atom. The average molecular weight is 236 g/mol. The lowest BCUT2D eigenvalue weighted by atomic mass is 9.46. The van der Waals surface area contributed by atoms with Crippen LogP contribution in [0, 0.1) is 29.1 Å². The number of hydrogen-bond donors (Lipinski definition) is 1. The van der Waals surface area contributed by atoms with Gasteiger partial charge >= 0.3 is 0 Å². The first-order valence-corrected chi connectivity index (χ1v) is 6.96. The minimum Gasteiger partial charge on any atom is -0.251 e. The molecular formula is C15H24O2. The van der Waals surface area contributed by atoms with Gasteiger partial charge < -0.3 is 0 Å². The van der Waals surface area contributed by atoms with Gasteiger partial charge in [-0.15, -0.1) is 0 Å². The average Bonchev–Trinajstić information content (AvgIpc) is 2.73. The molecule has 2 heteroatoms. The Labute approximate surface area is 104 Å². The lowest BCUT2D eigenvalue weighted by molar-refractivity contribution is -0.342. The molecule has 3 fully saturated rings. The van der Waals surface area contributed by atoms with Gasteiger partial charge in [-0.1, -0.05) is 26.8 Å². The van der Waals surface area contributed by atoms with Crippen molar-refractivity contribution in [2.24, 2.45) is 29.1 Å². The van der Waals surface area contributed by atoms with Gasteiger partial charge in [-0.3, -0.25) is 5.26 Å². The highest BCUT2D eigenvalue weighted by Crippen LogP contribution is 2.74. The van der Waals surface area contributed by atoms with Crippen molar-refractivity contribution in [1.82, 2.24) is 0 Å². The fraction of sp³-hybridized carbons (Fsp3) is 0.867. The molecule has 0 radical (unpaired) electrons. The Balaban J connectivity index is 2.00. The zero-order valence-corrected chi connectivity index (χ0v) is 11.2. The van der Waals surface area contributed by atoms with Crippen molar-refractivity contribution < 1.29 is 10.1 Å². The Morgan fingerprint density at radius 2 is 2.06 bits per heavy atom. The van der Waals surface area contributed by atoms with E-state index in [2.05, 4.69) is 20.4 Å². The van der Waals surface area contributed by atoms with Crippen LogP contribution in [-0.4, -0.2) is 10.9 Å². The van der Waals surface area contributed by atoms with E-state index in [1.54, 1.807) is 0 Å². The summed E-state index contributed by atoms with van der Waals surface area (Å²) in [6, 6.07) is 0. The molecule has 0 bridgehead atoms. The summed E-state index contributed by atoms with van der Waals surface area (Å²) in [6.45, 7) is 10.9. The summed E-state index contributed by atoms with van der Waals surface area (Å²) in [6.07, 6.45) is 4.84. The Morgan fingerprint density at radius 1 is 1.35 bits per heavy atom. The van der Waals surface area contributed by atoms with E-state index in [0.29, 0.717) is 11.3 Å². The molecule has 1 N–H and O–H groups in total. The van der Waals surface area contributed by atoms with Crippen LogP contribution in [0.2, 0.25) is 0 Å². The number of fused-ring (bicyclic) bond motifs is 4. The van der Waals surface area contributed by atoms with E-state index in [0.717, 1.165) is 29.7 Å². The quantitative estimate of drug-likeness (QED) is 0.448. The summed E-state index contributed by atoms with van der Waals surface area (Å²) < 4.78 is 0. The van der Waals surface area contributed by atoms with Gasteiger partial charge in [0, 0.05) is 5.92 Å². The molecule has 0 aliphatic heterocycles. The summed E-state index contributed by atoms with van der Waals surface area (Å²) in [5.74, 6) is 2.87. The van der Waals surface area contributed by atoms with Crippen LogP contribution in [0.15, 0.2) is 12.2 Å². The Hall–Kier alpha value is -0.340. The lowest BCUT2D eigenvalue weighted by Gasteiger charge is -2.59. The topological polar surface area (TPSA) is 29.5 Å². The van der Waals surface area contributed by atoms with Crippen molar-refractivity contribution in [3.8, 4) is 0 Å². The van der Waals surface area contributed by atoms with Gasteiger partial charge in [-0.05, 0) is 54.9 Å². The van der Waals surface area contributed by atoms with E-state index in [4.69, 9.17) is 4.89 Å². The monoisotopic (exact) mass is 236 g/mol. The first-order chi connectivity index (χ1) is 7.97. The van der Waals surface area contributed by atoms with Crippen molar-refractivity contribution in [2.75, 3.05) is 0 Å². The largest absolute Gasteiger partial charge is 0.251 e. The molecule has 3 saturated carbocycles. The van der Waals surface area contributed by atoms with E-state index >= 15 is 0 Å². The van der Waals surface area contributed by atoms with Gasteiger partial charge in [0.15, 0.2) is 0 Å². The van der Waals surface area contributed by atoms with Gasteiger partial charge in [0.05, 0.1) is 0 Å². The van der Waals surface area contributed by atoms with Gasteiger partial charge in [-0.2, -0.15) is 0 Å². The van der Waals surface area contributed by atoms with Crippen molar-refractivity contribution in [1.29, 1.82) is 0 Å². The zero-order valence-electron chi connectivity index (χ0n) is 11.2. The fourth-order valence-electron chi connectivity index (χ4n) is 5.56. The smallest absolute Gasteiger partial charge is 0.127 e. The highest BCUT2D eigenvalue weighted by molar-refractivity contribution is 5.28. The highest BCUT2D eigenvalue weighted by Gasteiger charge is 2.72. The molecule has 3 aliphatic carbocycles. The molecule has 0 aromatic rings. The van der Waals surface area contributed by atoms with Crippen LogP contribution in [0.3, 0.4) is 0 Å². The van der Waals surface area contributed by atoms with E-state index in [1.807, 2.05) is 6.92 Å². The van der Waals surface area contributed by atoms with Crippen LogP contribution in [-0.2, 0) is 4.89 Å². The highest BCUT2D eigenvalue weighted by atomic mass is 17.1. The molecule has 17 heavy (non-hydrogen) atoms. The predicted octanol–water partition coefficient (Wildman–Crippen LogP) is 3.88. The van der Waals surface area contributed by atoms with Crippen LogP contribution >= 0.6 is 0 Å². The van der Waals surface area contributed by atoms with E-state index in [9.17, 15) is 5.26 Å². The molecule has 3 aliphatic rings. The molecular weight excluding hydrogens is 212 g/mol. The minimum atomic E-state index is -0.450. The molecule has 0 saturated heterocycles. The molecule has 0 unspecified atom stereocenters. The Kier molecular flexibility index (Phi) is 2.32. The SMILES string of the molecule is C=C(C)[C@]1(OO)CC[C@]2(C)[C@H]3CC[C@@H](C)[C@H]3[C@@H]21. The first kappa shape index (κ1) is 11.7. The fourth-order valence-corrected chi connectivity index (χ4v) is 5.56. The van der Waals surface area contributed by atoms with Gasteiger partial charge in [0.25, 0.3) is 0 Å². The maximum atomic E-state index is 9.47. The maximum absolute atomic E-state index is 9.47. The van der Waals surface area contributed by atoms with Crippen molar-refractivity contribution >= 4 is 0 Å². The predicted molar refractivity (Wildman–Crippen MR) is 67.5 cm³/mol. The standard InChI is InChI=1S/C15H24O2/c1-9(2)15(17-16)8-7-14(4)11-6-5-10(3)12(11)13(14)15/h10-13,16H,1,5-8H2,2-4H3/t10-,11+,12-,13+,14-,15-/m1/s1. The second kappa shape index (κ2) is 3.36. The van der Waals surface area contributed by atoms with Crippen LogP contribution in [0.4, 0.5) is 0 Å². The molecule has 2 nitrogen and oxygen atoms in total. The second-order valence-corrected chi connectivity index (χ2v) is 6.98. The summed E-state index contributed by atoms with van der Waals surface area (Å²) in [5, 5.41) is 9.47. The van der Waals surface area contributed by atoms with Gasteiger partial charge in [-0.25, -0.2) is 4.89 Å². The lowest BCUT2D eigenvalue weighted by Crippen LogP contribution is -2.59. The van der Waals surface area contributed by atoms with Crippen LogP contribution in [0.1, 0.15) is 46.5 Å². The Bertz CT molecular complexity index is 364. The van der Waals surface area contributed by atoms with Crippen LogP contribution in [0.25, 0.3) is 0 Å². The van der Waals surface area contributed by atoms with Crippen molar-refractivity contribution in [3.05, 3.63) is 12.2 Å². The molecule has 0 aromatic heterocycles. The number of hydrogen-bond acceptors (Lipinski definition) is 2. The molecule has 96 valence electrons. The molecule has 0 spiro atoms. The summed E-state index contributed by atoms with van der Waals surface area (Å²) in [7, 11) is 0. The second-order valence-electron chi connectivity index (χ2n) is 6.98. The van der Waals surface area contributed by atoms with E-state index in [1.165, 1.54) is 19.3 Å². The third kappa shape index (κ3) is 1.14. The maximum Gasteiger partial charge on any atom is 0.127 e. The van der Waals surface area contributed by atoms with Gasteiger partial charge in [0.2, 0.25) is 0 Å². The van der Waals surface area contributed by atoms with Crippen LogP contribution in [0.5, 0.6) is 0 Å². The van der Waals surface area contributed by atoms with E-state index in [-0.39, 0.29) is 0 Å². The third-order valence-corrected chi connectivity index (χ3v) is 6.42. The molecule has 0 amide bonds. The zero-order chi connectivity index (χ0) is 12.4. The summed E-state index contributed by atoms with van der Waals surface area (Å²) in [4.78, 5) is 5.02.